The quantitative estimate of drug-likeness (QED) is 0.859. The molecular formula is C13H18N6O2S. The minimum Gasteiger partial charge on any atom is -0.355 e. The monoisotopic (exact) mass is 322 g/mol. The number of nitrogens with two attached hydrogens (primary N) is 1. The van der Waals surface area contributed by atoms with Crippen LogP contribution in [0.15, 0.2) is 30.9 Å². The fourth-order valence-electron chi connectivity index (χ4n) is 2.67. The molecule has 3 rings (SSSR count). The zero-order chi connectivity index (χ0) is 15.6. The van der Waals surface area contributed by atoms with Crippen molar-refractivity contribution < 1.29 is 8.42 Å². The summed E-state index contributed by atoms with van der Waals surface area (Å²) < 4.78 is 24.0. The zero-order valence-electron chi connectivity index (χ0n) is 12.0. The van der Waals surface area contributed by atoms with Crippen molar-refractivity contribution in [3.05, 3.63) is 30.9 Å². The molecule has 0 aromatic carbocycles. The lowest BCUT2D eigenvalue weighted by atomic mass is 9.99. The van der Waals surface area contributed by atoms with E-state index < -0.39 is 10.0 Å². The standard InChI is InChI=1S/C13H18N6O2S/c14-22(20,21)10-11-2-6-18(7-3-11)12-8-15-9-13(17-12)19-5-1-4-16-19/h1,4-5,8-9,11H,2-3,6-7,10H2,(H2,14,20,21). The van der Waals surface area contributed by atoms with E-state index in [9.17, 15) is 8.42 Å². The maximum Gasteiger partial charge on any atom is 0.209 e. The van der Waals surface area contributed by atoms with E-state index in [1.807, 2.05) is 12.3 Å². The summed E-state index contributed by atoms with van der Waals surface area (Å²) in [7, 11) is -3.40. The van der Waals surface area contributed by atoms with Crippen molar-refractivity contribution >= 4 is 15.8 Å². The SMILES string of the molecule is NS(=O)(=O)CC1CCN(c2cncc(-n3cccn3)n2)CC1. The van der Waals surface area contributed by atoms with Gasteiger partial charge in [0, 0.05) is 25.5 Å². The van der Waals surface area contributed by atoms with Crippen LogP contribution in [0.1, 0.15) is 12.8 Å². The number of hydrogen-bond acceptors (Lipinski definition) is 6. The van der Waals surface area contributed by atoms with Crippen molar-refractivity contribution in [3.8, 4) is 5.82 Å². The summed E-state index contributed by atoms with van der Waals surface area (Å²) in [6.07, 6.45) is 8.44. The molecule has 0 spiro atoms. The van der Waals surface area contributed by atoms with E-state index in [-0.39, 0.29) is 11.7 Å². The Kier molecular flexibility index (Phi) is 4.08. The van der Waals surface area contributed by atoms with Gasteiger partial charge < -0.3 is 4.90 Å². The molecule has 0 amide bonds. The highest BCUT2D eigenvalue weighted by molar-refractivity contribution is 7.89. The zero-order valence-corrected chi connectivity index (χ0v) is 12.9. The van der Waals surface area contributed by atoms with Gasteiger partial charge in [0.15, 0.2) is 5.82 Å². The lowest BCUT2D eigenvalue weighted by Crippen LogP contribution is -2.37. The van der Waals surface area contributed by atoms with Gasteiger partial charge >= 0.3 is 0 Å². The van der Waals surface area contributed by atoms with Crippen molar-refractivity contribution in [1.29, 1.82) is 0 Å². The van der Waals surface area contributed by atoms with Gasteiger partial charge in [-0.05, 0) is 24.8 Å². The fraction of sp³-hybridized carbons (Fsp3) is 0.462. The number of primary sulfonamides is 1. The molecule has 0 bridgehead atoms. The van der Waals surface area contributed by atoms with Gasteiger partial charge in [-0.2, -0.15) is 5.10 Å². The van der Waals surface area contributed by atoms with Crippen LogP contribution in [0.4, 0.5) is 5.82 Å². The Labute approximate surface area is 129 Å². The molecule has 2 aromatic rings. The molecule has 0 aliphatic carbocycles. The van der Waals surface area contributed by atoms with Crippen LogP contribution in [0.5, 0.6) is 0 Å². The Morgan fingerprint density at radius 3 is 2.59 bits per heavy atom. The van der Waals surface area contributed by atoms with Crippen LogP contribution in [0.25, 0.3) is 5.82 Å². The molecule has 8 nitrogen and oxygen atoms in total. The van der Waals surface area contributed by atoms with E-state index in [0.29, 0.717) is 5.82 Å². The lowest BCUT2D eigenvalue weighted by Gasteiger charge is -2.32. The van der Waals surface area contributed by atoms with Gasteiger partial charge in [-0.3, -0.25) is 4.98 Å². The van der Waals surface area contributed by atoms with Crippen LogP contribution >= 0.6 is 0 Å². The first-order chi connectivity index (χ1) is 10.5. The number of anilines is 1. The van der Waals surface area contributed by atoms with Crippen LogP contribution in [0, 0.1) is 5.92 Å². The molecule has 0 saturated carbocycles. The van der Waals surface area contributed by atoms with E-state index >= 15 is 0 Å². The summed E-state index contributed by atoms with van der Waals surface area (Å²) in [5.41, 5.74) is 0. The van der Waals surface area contributed by atoms with Crippen molar-refractivity contribution in [2.24, 2.45) is 11.1 Å². The number of sulfonamides is 1. The number of aromatic nitrogens is 4. The first-order valence-electron chi connectivity index (χ1n) is 7.09. The van der Waals surface area contributed by atoms with Crippen LogP contribution in [-0.2, 0) is 10.0 Å². The summed E-state index contributed by atoms with van der Waals surface area (Å²) in [5, 5.41) is 9.25. The molecule has 118 valence electrons. The molecule has 1 fully saturated rings. The normalized spacial score (nSPS) is 16.9. The Morgan fingerprint density at radius 2 is 1.95 bits per heavy atom. The predicted octanol–water partition coefficient (Wildman–Crippen LogP) is 0.167. The van der Waals surface area contributed by atoms with Gasteiger partial charge in [-0.25, -0.2) is 23.2 Å². The third kappa shape index (κ3) is 3.60. The topological polar surface area (TPSA) is 107 Å². The van der Waals surface area contributed by atoms with Gasteiger partial charge in [0.2, 0.25) is 10.0 Å². The van der Waals surface area contributed by atoms with E-state index in [1.54, 1.807) is 23.3 Å². The van der Waals surface area contributed by atoms with Crippen LogP contribution in [-0.4, -0.2) is 47.0 Å². The third-order valence-corrected chi connectivity index (χ3v) is 4.69. The Morgan fingerprint density at radius 1 is 1.23 bits per heavy atom. The molecule has 3 heterocycles. The highest BCUT2D eigenvalue weighted by atomic mass is 32.2. The molecule has 1 aliphatic rings. The molecule has 1 aliphatic heterocycles. The van der Waals surface area contributed by atoms with Gasteiger partial charge in [-0.15, -0.1) is 0 Å². The van der Waals surface area contributed by atoms with E-state index in [1.165, 1.54) is 0 Å². The molecule has 1 saturated heterocycles. The summed E-state index contributed by atoms with van der Waals surface area (Å²) in [6, 6.07) is 1.83. The average Bonchev–Trinajstić information content (AvgIpc) is 3.01. The maximum atomic E-state index is 11.2. The number of piperidine rings is 1. The van der Waals surface area contributed by atoms with Crippen molar-refractivity contribution in [1.82, 2.24) is 19.7 Å². The van der Waals surface area contributed by atoms with Crippen molar-refractivity contribution in [2.75, 3.05) is 23.7 Å². The Hall–Kier alpha value is -2.00. The molecule has 0 atom stereocenters. The third-order valence-electron chi connectivity index (χ3n) is 3.75. The number of nitrogens with zero attached hydrogens (tertiary/aromatic N) is 5. The van der Waals surface area contributed by atoms with Crippen LogP contribution in [0.2, 0.25) is 0 Å². The first kappa shape index (κ1) is 14.9. The fourth-order valence-corrected chi connectivity index (χ4v) is 3.66. The van der Waals surface area contributed by atoms with Gasteiger partial charge in [0.05, 0.1) is 18.1 Å². The van der Waals surface area contributed by atoms with E-state index in [0.717, 1.165) is 31.7 Å². The van der Waals surface area contributed by atoms with Crippen LogP contribution in [0.3, 0.4) is 0 Å². The summed E-state index contributed by atoms with van der Waals surface area (Å²) in [4.78, 5) is 10.9. The van der Waals surface area contributed by atoms with Gasteiger partial charge in [0.25, 0.3) is 0 Å². The van der Waals surface area contributed by atoms with E-state index in [2.05, 4.69) is 20.0 Å². The van der Waals surface area contributed by atoms with Gasteiger partial charge in [-0.1, -0.05) is 0 Å². The molecule has 2 aromatic heterocycles. The minimum atomic E-state index is -3.40. The molecular weight excluding hydrogens is 304 g/mol. The second kappa shape index (κ2) is 6.01. The molecule has 0 unspecified atom stereocenters. The highest BCUT2D eigenvalue weighted by Gasteiger charge is 2.23. The first-order valence-corrected chi connectivity index (χ1v) is 8.80. The summed E-state index contributed by atoms with van der Waals surface area (Å²) in [6.45, 7) is 1.49. The van der Waals surface area contributed by atoms with Crippen LogP contribution < -0.4 is 10.0 Å². The highest BCUT2D eigenvalue weighted by Crippen LogP contribution is 2.22. The second-order valence-electron chi connectivity index (χ2n) is 5.45. The van der Waals surface area contributed by atoms with Crippen molar-refractivity contribution in [2.45, 2.75) is 12.8 Å². The Balaban J connectivity index is 1.68. The molecule has 0 radical (unpaired) electrons. The maximum absolute atomic E-state index is 11.2. The molecule has 22 heavy (non-hydrogen) atoms. The predicted molar refractivity (Wildman–Crippen MR) is 82.1 cm³/mol. The lowest BCUT2D eigenvalue weighted by molar-refractivity contribution is 0.434. The van der Waals surface area contributed by atoms with Gasteiger partial charge in [0.1, 0.15) is 5.82 Å². The van der Waals surface area contributed by atoms with Crippen molar-refractivity contribution in [3.63, 3.8) is 0 Å². The summed E-state index contributed by atoms with van der Waals surface area (Å²) >= 11 is 0. The average molecular weight is 322 g/mol. The van der Waals surface area contributed by atoms with E-state index in [4.69, 9.17) is 5.14 Å². The molecule has 9 heteroatoms. The number of rotatable bonds is 4. The smallest absolute Gasteiger partial charge is 0.209 e. The second-order valence-corrected chi connectivity index (χ2v) is 7.11. The summed E-state index contributed by atoms with van der Waals surface area (Å²) in [5.74, 6) is 1.62. The minimum absolute atomic E-state index is 0.0554. The molecule has 2 N–H and O–H groups in total. The Bertz CT molecular complexity index is 723. The number of hydrogen-bond donors (Lipinski definition) is 1. The largest absolute Gasteiger partial charge is 0.355 e.